The summed E-state index contributed by atoms with van der Waals surface area (Å²) < 4.78 is 25.6. The molecule has 2 aromatic carbocycles. The Morgan fingerprint density at radius 2 is 1.68 bits per heavy atom. The van der Waals surface area contributed by atoms with Crippen LogP contribution in [0, 0.1) is 0 Å². The fourth-order valence-corrected chi connectivity index (χ4v) is 3.82. The normalized spacial score (nSPS) is 13.5. The van der Waals surface area contributed by atoms with Gasteiger partial charge in [-0.3, -0.25) is 4.79 Å². The van der Waals surface area contributed by atoms with Gasteiger partial charge in [0, 0.05) is 6.54 Å². The molecule has 1 aliphatic rings. The van der Waals surface area contributed by atoms with Crippen LogP contribution in [0.3, 0.4) is 0 Å². The summed E-state index contributed by atoms with van der Waals surface area (Å²) in [6, 6.07) is 12.8. The third-order valence-corrected chi connectivity index (χ3v) is 5.95. The fraction of sp³-hybridized carbons (Fsp3) is 0.316. The number of benzene rings is 2. The maximum absolute atomic E-state index is 12.1. The minimum atomic E-state index is -3.43. The Morgan fingerprint density at radius 1 is 1.00 bits per heavy atom. The van der Waals surface area contributed by atoms with Crippen molar-refractivity contribution in [3.63, 3.8) is 0 Å². The Hall–Kier alpha value is -2.18. The van der Waals surface area contributed by atoms with Gasteiger partial charge in [0.15, 0.2) is 0 Å². The lowest BCUT2D eigenvalue weighted by molar-refractivity contribution is -0.120. The van der Waals surface area contributed by atoms with Crippen molar-refractivity contribution in [2.24, 2.45) is 0 Å². The summed E-state index contributed by atoms with van der Waals surface area (Å²) in [7, 11) is -2.05. The lowest BCUT2D eigenvalue weighted by atomic mass is 10.0. The maximum atomic E-state index is 12.1. The number of rotatable bonds is 6. The van der Waals surface area contributed by atoms with Gasteiger partial charge in [-0.15, -0.1) is 0 Å². The highest BCUT2D eigenvalue weighted by molar-refractivity contribution is 7.89. The smallest absolute Gasteiger partial charge is 0.240 e. The maximum Gasteiger partial charge on any atom is 0.240 e. The van der Waals surface area contributed by atoms with Gasteiger partial charge in [0.05, 0.1) is 11.3 Å². The molecule has 5 nitrogen and oxygen atoms in total. The van der Waals surface area contributed by atoms with E-state index < -0.39 is 10.0 Å². The Kier molecular flexibility index (Phi) is 5.20. The molecule has 0 heterocycles. The summed E-state index contributed by atoms with van der Waals surface area (Å²) >= 11 is 0. The number of fused-ring (bicyclic) bond motifs is 1. The van der Waals surface area contributed by atoms with E-state index in [1.165, 1.54) is 36.7 Å². The van der Waals surface area contributed by atoms with Crippen LogP contribution in [0.25, 0.3) is 0 Å². The minimum absolute atomic E-state index is 0.0372. The summed E-state index contributed by atoms with van der Waals surface area (Å²) in [5.41, 5.74) is 4.67. The minimum Gasteiger partial charge on any atom is -0.352 e. The molecular weight excluding hydrogens is 336 g/mol. The van der Waals surface area contributed by atoms with E-state index in [4.69, 9.17) is 0 Å². The van der Waals surface area contributed by atoms with Gasteiger partial charge in [-0.05, 0) is 60.7 Å². The van der Waals surface area contributed by atoms with Crippen LogP contribution in [0.1, 0.15) is 28.7 Å². The third kappa shape index (κ3) is 4.27. The van der Waals surface area contributed by atoms with Crippen molar-refractivity contribution in [2.45, 2.75) is 37.1 Å². The van der Waals surface area contributed by atoms with E-state index in [9.17, 15) is 13.2 Å². The van der Waals surface area contributed by atoms with E-state index in [1.807, 2.05) is 6.07 Å². The molecule has 1 aliphatic carbocycles. The molecule has 0 unspecified atom stereocenters. The molecule has 0 aromatic heterocycles. The van der Waals surface area contributed by atoms with Crippen LogP contribution >= 0.6 is 0 Å². The molecule has 2 N–H and O–H groups in total. The van der Waals surface area contributed by atoms with Gasteiger partial charge < -0.3 is 5.32 Å². The summed E-state index contributed by atoms with van der Waals surface area (Å²) in [4.78, 5) is 12.4. The second kappa shape index (κ2) is 7.37. The van der Waals surface area contributed by atoms with Gasteiger partial charge in [0.2, 0.25) is 15.9 Å². The Labute approximate surface area is 148 Å². The highest BCUT2D eigenvalue weighted by Gasteiger charge is 2.13. The molecule has 25 heavy (non-hydrogen) atoms. The van der Waals surface area contributed by atoms with Crippen molar-refractivity contribution >= 4 is 15.9 Å². The van der Waals surface area contributed by atoms with Crippen molar-refractivity contribution < 1.29 is 13.2 Å². The van der Waals surface area contributed by atoms with Crippen LogP contribution in [0.4, 0.5) is 0 Å². The summed E-state index contributed by atoms with van der Waals surface area (Å²) in [6.45, 7) is 0.379. The zero-order chi connectivity index (χ0) is 17.9. The first-order valence-electron chi connectivity index (χ1n) is 8.38. The van der Waals surface area contributed by atoms with Crippen molar-refractivity contribution in [2.75, 3.05) is 7.05 Å². The van der Waals surface area contributed by atoms with Gasteiger partial charge in [-0.25, -0.2) is 13.1 Å². The predicted octanol–water partition coefficient (Wildman–Crippen LogP) is 1.94. The van der Waals surface area contributed by atoms with Crippen LogP contribution in [0.5, 0.6) is 0 Å². The van der Waals surface area contributed by atoms with Gasteiger partial charge in [0.1, 0.15) is 0 Å². The Bertz CT molecular complexity index is 874. The second-order valence-corrected chi connectivity index (χ2v) is 8.15. The highest BCUT2D eigenvalue weighted by Crippen LogP contribution is 2.23. The van der Waals surface area contributed by atoms with Crippen molar-refractivity contribution in [3.8, 4) is 0 Å². The number of carbonyl (C=O) groups excluding carboxylic acids is 1. The molecule has 2 aromatic rings. The van der Waals surface area contributed by atoms with Gasteiger partial charge in [-0.1, -0.05) is 30.3 Å². The average molecular weight is 358 g/mol. The zero-order valence-corrected chi connectivity index (χ0v) is 15.0. The molecule has 132 valence electrons. The lowest BCUT2D eigenvalue weighted by Crippen LogP contribution is -2.24. The topological polar surface area (TPSA) is 75.3 Å². The fourth-order valence-electron chi connectivity index (χ4n) is 3.09. The van der Waals surface area contributed by atoms with Gasteiger partial charge in [-0.2, -0.15) is 0 Å². The first-order valence-corrected chi connectivity index (χ1v) is 9.86. The molecule has 0 atom stereocenters. The molecule has 3 rings (SSSR count). The van der Waals surface area contributed by atoms with E-state index in [0.29, 0.717) is 13.0 Å². The van der Waals surface area contributed by atoms with Crippen LogP contribution in [0.15, 0.2) is 47.4 Å². The highest BCUT2D eigenvalue weighted by atomic mass is 32.2. The third-order valence-electron chi connectivity index (χ3n) is 4.52. The van der Waals surface area contributed by atoms with Crippen molar-refractivity contribution in [1.29, 1.82) is 0 Å². The largest absolute Gasteiger partial charge is 0.352 e. The van der Waals surface area contributed by atoms with Crippen molar-refractivity contribution in [3.05, 3.63) is 64.7 Å². The van der Waals surface area contributed by atoms with Crippen LogP contribution in [-0.4, -0.2) is 21.4 Å². The van der Waals surface area contributed by atoms with E-state index in [-0.39, 0.29) is 10.8 Å². The number of aryl methyl sites for hydroxylation is 2. The Balaban J connectivity index is 1.55. The summed E-state index contributed by atoms with van der Waals surface area (Å²) in [5, 5.41) is 2.88. The standard InChI is InChI=1S/C19H22N2O3S/c1-20-25(23,24)18-9-6-14(7-10-18)13-21-19(22)12-15-5-8-16-3-2-4-17(16)11-15/h5-11,20H,2-4,12-13H2,1H3,(H,21,22). The SMILES string of the molecule is CNS(=O)(=O)c1ccc(CNC(=O)Cc2ccc3c(c2)CCC3)cc1. The molecular formula is C19H22N2O3S. The van der Waals surface area contributed by atoms with Crippen molar-refractivity contribution in [1.82, 2.24) is 10.0 Å². The summed E-state index contributed by atoms with van der Waals surface area (Å²) in [6.07, 6.45) is 3.80. The van der Waals surface area contributed by atoms with Gasteiger partial charge in [0.25, 0.3) is 0 Å². The van der Waals surface area contributed by atoms with E-state index in [0.717, 1.165) is 24.0 Å². The number of sulfonamides is 1. The lowest BCUT2D eigenvalue weighted by Gasteiger charge is -2.08. The van der Waals surface area contributed by atoms with Crippen LogP contribution in [0.2, 0.25) is 0 Å². The quantitative estimate of drug-likeness (QED) is 0.829. The molecule has 0 spiro atoms. The van der Waals surface area contributed by atoms with E-state index in [1.54, 1.807) is 12.1 Å². The average Bonchev–Trinajstić information content (AvgIpc) is 3.08. The Morgan fingerprint density at radius 3 is 2.40 bits per heavy atom. The molecule has 0 bridgehead atoms. The molecule has 0 saturated carbocycles. The first kappa shape index (κ1) is 17.6. The number of carbonyl (C=O) groups is 1. The molecule has 0 saturated heterocycles. The van der Waals surface area contributed by atoms with Gasteiger partial charge >= 0.3 is 0 Å². The molecule has 0 radical (unpaired) electrons. The number of nitrogens with one attached hydrogen (secondary N) is 2. The monoisotopic (exact) mass is 358 g/mol. The van der Waals surface area contributed by atoms with E-state index in [2.05, 4.69) is 22.2 Å². The van der Waals surface area contributed by atoms with Crippen LogP contribution < -0.4 is 10.0 Å². The number of amides is 1. The number of hydrogen-bond donors (Lipinski definition) is 2. The number of hydrogen-bond acceptors (Lipinski definition) is 3. The zero-order valence-electron chi connectivity index (χ0n) is 14.2. The first-order chi connectivity index (χ1) is 12.0. The molecule has 0 fully saturated rings. The molecule has 0 aliphatic heterocycles. The second-order valence-electron chi connectivity index (χ2n) is 6.26. The summed E-state index contributed by atoms with van der Waals surface area (Å²) in [5.74, 6) is -0.0372. The molecule has 6 heteroatoms. The van der Waals surface area contributed by atoms with Crippen LogP contribution in [-0.2, 0) is 40.6 Å². The van der Waals surface area contributed by atoms with E-state index >= 15 is 0 Å². The molecule has 1 amide bonds. The predicted molar refractivity (Wildman–Crippen MR) is 96.7 cm³/mol.